The molecule has 3 aliphatic heterocycles. The van der Waals surface area contributed by atoms with Gasteiger partial charge in [-0.3, -0.25) is 19.3 Å². The zero-order chi connectivity index (χ0) is 28.7. The summed E-state index contributed by atoms with van der Waals surface area (Å²) in [7, 11) is 0. The summed E-state index contributed by atoms with van der Waals surface area (Å²) in [5.74, 6) is -0.456. The first-order valence-corrected chi connectivity index (χ1v) is 14.4. The van der Waals surface area contributed by atoms with Gasteiger partial charge in [0, 0.05) is 80.2 Å². The van der Waals surface area contributed by atoms with Gasteiger partial charge in [0.25, 0.3) is 17.7 Å². The Bertz CT molecular complexity index is 1450. The van der Waals surface area contributed by atoms with Crippen LogP contribution in [0.3, 0.4) is 0 Å². The van der Waals surface area contributed by atoms with Crippen molar-refractivity contribution in [3.8, 4) is 0 Å². The average molecular weight is 584 g/mol. The molecule has 1 aromatic heterocycles. The van der Waals surface area contributed by atoms with Gasteiger partial charge in [-0.1, -0.05) is 0 Å². The fourth-order valence-corrected chi connectivity index (χ4v) is 6.29. The maximum Gasteiger partial charge on any atom is 0.416 e. The van der Waals surface area contributed by atoms with E-state index >= 15 is 0 Å². The number of alkyl halides is 3. The first-order chi connectivity index (χ1) is 19.7. The fourth-order valence-electron chi connectivity index (χ4n) is 5.69. The molecule has 3 amide bonds. The van der Waals surface area contributed by atoms with Crippen LogP contribution in [0.4, 0.5) is 18.9 Å². The summed E-state index contributed by atoms with van der Waals surface area (Å²) in [6, 6.07) is 9.82. The lowest BCUT2D eigenvalue weighted by Gasteiger charge is -2.48. The van der Waals surface area contributed by atoms with E-state index in [0.717, 1.165) is 30.8 Å². The maximum atomic E-state index is 13.2. The normalized spacial score (nSPS) is 18.2. The molecule has 3 aliphatic rings. The highest BCUT2D eigenvalue weighted by Gasteiger charge is 2.38. The Kier molecular flexibility index (Phi) is 7.28. The quantitative estimate of drug-likeness (QED) is 0.464. The summed E-state index contributed by atoms with van der Waals surface area (Å²) in [4.78, 5) is 50.6. The highest BCUT2D eigenvalue weighted by Crippen LogP contribution is 2.32. The van der Waals surface area contributed by atoms with E-state index < -0.39 is 11.7 Å². The Morgan fingerprint density at radius 3 is 2.20 bits per heavy atom. The number of halogens is 3. The molecular formula is C29H28F3N5O3S. The molecule has 0 aliphatic carbocycles. The molecular weight excluding hydrogens is 555 g/mol. The van der Waals surface area contributed by atoms with Gasteiger partial charge in [-0.25, -0.2) is 4.98 Å². The van der Waals surface area contributed by atoms with E-state index in [1.165, 1.54) is 23.5 Å². The van der Waals surface area contributed by atoms with Crippen LogP contribution in [0.1, 0.15) is 48.1 Å². The Balaban J connectivity index is 1.05. The second-order valence-electron chi connectivity index (χ2n) is 10.5. The summed E-state index contributed by atoms with van der Waals surface area (Å²) in [6.45, 7) is 4.47. The van der Waals surface area contributed by atoms with Gasteiger partial charge in [-0.15, -0.1) is 11.3 Å². The number of fused-ring (bicyclic) bond motifs is 1. The predicted molar refractivity (Wildman–Crippen MR) is 147 cm³/mol. The maximum absolute atomic E-state index is 13.2. The molecule has 41 heavy (non-hydrogen) atoms. The molecule has 0 radical (unpaired) electrons. The van der Waals surface area contributed by atoms with Crippen LogP contribution in [-0.2, 0) is 12.6 Å². The first kappa shape index (κ1) is 27.4. The molecule has 0 spiro atoms. The standard InChI is InChI=1S/C29H28F3N5O3S/c30-29(31,32)22-6-3-19(4-7-22)27(39)37-10-1-2-20-16-21(5-8-24(20)37)26(38)36-17-23(18-36)34-11-13-35(14-12-34)28(40)25-33-9-15-41-25/h3-9,15-16,23H,1-2,10-14,17-18H2. The molecule has 4 heterocycles. The average Bonchev–Trinajstić information content (AvgIpc) is 3.50. The number of carbonyl (C=O) groups is 3. The number of benzene rings is 2. The van der Waals surface area contributed by atoms with Crippen molar-refractivity contribution in [1.29, 1.82) is 0 Å². The Hall–Kier alpha value is -3.77. The molecule has 214 valence electrons. The second kappa shape index (κ2) is 10.9. The third-order valence-corrected chi connectivity index (χ3v) is 8.79. The Labute approximate surface area is 239 Å². The highest BCUT2D eigenvalue weighted by molar-refractivity contribution is 7.11. The van der Waals surface area contributed by atoms with Crippen LogP contribution >= 0.6 is 11.3 Å². The van der Waals surface area contributed by atoms with Crippen molar-refractivity contribution >= 4 is 34.7 Å². The number of aromatic nitrogens is 1. The Morgan fingerprint density at radius 2 is 1.54 bits per heavy atom. The minimum absolute atomic E-state index is 0.0305. The number of carbonyl (C=O) groups excluding carboxylic acids is 3. The minimum atomic E-state index is -4.46. The lowest BCUT2D eigenvalue weighted by atomic mass is 9.96. The van der Waals surface area contributed by atoms with Gasteiger partial charge < -0.3 is 14.7 Å². The lowest BCUT2D eigenvalue weighted by Crippen LogP contribution is -2.64. The predicted octanol–water partition coefficient (Wildman–Crippen LogP) is 4.04. The molecule has 8 nitrogen and oxygen atoms in total. The third-order valence-electron chi connectivity index (χ3n) is 8.03. The summed E-state index contributed by atoms with van der Waals surface area (Å²) in [5.41, 5.74) is 1.51. The smallest absolute Gasteiger partial charge is 0.335 e. The summed E-state index contributed by atoms with van der Waals surface area (Å²) in [6.07, 6.45) is -1.43. The van der Waals surface area contributed by atoms with Crippen LogP contribution in [0.15, 0.2) is 54.0 Å². The van der Waals surface area contributed by atoms with Gasteiger partial charge in [0.05, 0.1) is 5.56 Å². The van der Waals surface area contributed by atoms with E-state index in [9.17, 15) is 27.6 Å². The third kappa shape index (κ3) is 5.45. The van der Waals surface area contributed by atoms with Crippen molar-refractivity contribution in [2.45, 2.75) is 25.1 Å². The Morgan fingerprint density at radius 1 is 0.829 bits per heavy atom. The number of nitrogens with zero attached hydrogens (tertiary/aromatic N) is 5. The van der Waals surface area contributed by atoms with E-state index in [2.05, 4.69) is 9.88 Å². The van der Waals surface area contributed by atoms with Crippen molar-refractivity contribution in [3.05, 3.63) is 81.3 Å². The minimum Gasteiger partial charge on any atom is -0.335 e. The number of hydrogen-bond donors (Lipinski definition) is 0. The lowest BCUT2D eigenvalue weighted by molar-refractivity contribution is -0.137. The van der Waals surface area contributed by atoms with Crippen LogP contribution < -0.4 is 4.90 Å². The second-order valence-corrected chi connectivity index (χ2v) is 11.4. The molecule has 2 aromatic carbocycles. The van der Waals surface area contributed by atoms with Gasteiger partial charge in [0.1, 0.15) is 0 Å². The molecule has 0 N–H and O–H groups in total. The molecule has 2 fully saturated rings. The zero-order valence-electron chi connectivity index (χ0n) is 22.1. The largest absolute Gasteiger partial charge is 0.416 e. The summed E-state index contributed by atoms with van der Waals surface area (Å²) in [5, 5.41) is 2.31. The van der Waals surface area contributed by atoms with Crippen molar-refractivity contribution in [2.75, 3.05) is 50.7 Å². The van der Waals surface area contributed by atoms with Crippen LogP contribution in [0.5, 0.6) is 0 Å². The van der Waals surface area contributed by atoms with Gasteiger partial charge in [0.15, 0.2) is 5.01 Å². The van der Waals surface area contributed by atoms with Gasteiger partial charge in [-0.05, 0) is 60.9 Å². The van der Waals surface area contributed by atoms with Crippen molar-refractivity contribution < 1.29 is 27.6 Å². The number of aryl methyl sites for hydroxylation is 1. The SMILES string of the molecule is O=C(c1ccc2c(c1)CCCN2C(=O)c1ccc(C(F)(F)F)cc1)N1CC(N2CCN(C(=O)c3nccs3)CC2)C1. The number of likely N-dealkylation sites (tertiary alicyclic amines) is 1. The fraction of sp³-hybridized carbons (Fsp3) is 0.379. The number of piperazine rings is 1. The number of amides is 3. The summed E-state index contributed by atoms with van der Waals surface area (Å²) < 4.78 is 38.8. The molecule has 2 saturated heterocycles. The van der Waals surface area contributed by atoms with E-state index in [0.29, 0.717) is 61.8 Å². The van der Waals surface area contributed by atoms with Crippen molar-refractivity contribution in [2.24, 2.45) is 0 Å². The van der Waals surface area contributed by atoms with Crippen LogP contribution in [0.25, 0.3) is 0 Å². The number of anilines is 1. The molecule has 0 saturated carbocycles. The van der Waals surface area contributed by atoms with Gasteiger partial charge in [0.2, 0.25) is 0 Å². The van der Waals surface area contributed by atoms with Gasteiger partial charge >= 0.3 is 6.18 Å². The molecule has 0 bridgehead atoms. The van der Waals surface area contributed by atoms with Crippen LogP contribution in [-0.4, -0.2) is 89.3 Å². The van der Waals surface area contributed by atoms with Crippen LogP contribution in [0.2, 0.25) is 0 Å². The molecule has 0 atom stereocenters. The first-order valence-electron chi connectivity index (χ1n) is 13.5. The van der Waals surface area contributed by atoms with E-state index in [1.54, 1.807) is 28.6 Å². The van der Waals surface area contributed by atoms with Gasteiger partial charge in [-0.2, -0.15) is 13.2 Å². The van der Waals surface area contributed by atoms with Crippen LogP contribution in [0, 0.1) is 0 Å². The topological polar surface area (TPSA) is 77.1 Å². The molecule has 6 rings (SSSR count). The molecule has 0 unspecified atom stereocenters. The number of hydrogen-bond acceptors (Lipinski definition) is 6. The summed E-state index contributed by atoms with van der Waals surface area (Å²) >= 11 is 1.35. The van der Waals surface area contributed by atoms with E-state index in [-0.39, 0.29) is 29.3 Å². The molecule has 3 aromatic rings. The zero-order valence-corrected chi connectivity index (χ0v) is 23.0. The van der Waals surface area contributed by atoms with E-state index in [1.807, 2.05) is 15.9 Å². The monoisotopic (exact) mass is 583 g/mol. The van der Waals surface area contributed by atoms with E-state index in [4.69, 9.17) is 0 Å². The molecule has 12 heteroatoms. The van der Waals surface area contributed by atoms with Crippen molar-refractivity contribution in [1.82, 2.24) is 19.7 Å². The highest BCUT2D eigenvalue weighted by atomic mass is 32.1. The number of rotatable bonds is 4. The number of thiazole rings is 1. The van der Waals surface area contributed by atoms with Crippen molar-refractivity contribution in [3.63, 3.8) is 0 Å².